The van der Waals surface area contributed by atoms with Crippen LogP contribution in [0.25, 0.3) is 16.6 Å². The number of anilines is 3. The maximum absolute atomic E-state index is 12.4. The summed E-state index contributed by atoms with van der Waals surface area (Å²) in [5.74, 6) is 0.668. The minimum Gasteiger partial charge on any atom is -0.340 e. The number of aromatic nitrogens is 5. The third kappa shape index (κ3) is 4.00. The number of hydrogen-bond donors (Lipinski definition) is 1. The summed E-state index contributed by atoms with van der Waals surface area (Å²) in [6.07, 6.45) is 5.69. The summed E-state index contributed by atoms with van der Waals surface area (Å²) in [7, 11) is 0. The van der Waals surface area contributed by atoms with E-state index in [1.165, 1.54) is 0 Å². The molecule has 9 heteroatoms. The SMILES string of the molecule is C=C1CCN(c2ccc3ncnc(Nc4ccc(Sc5ccn6ncnc6c5)c(C)c4)c3c2)C1=O. The van der Waals surface area contributed by atoms with E-state index in [2.05, 4.69) is 51.0 Å². The number of pyridine rings is 1. The molecule has 6 rings (SSSR count). The average molecular weight is 480 g/mol. The van der Waals surface area contributed by atoms with Crippen molar-refractivity contribution in [2.24, 2.45) is 0 Å². The lowest BCUT2D eigenvalue weighted by atomic mass is 10.1. The summed E-state index contributed by atoms with van der Waals surface area (Å²) < 4.78 is 1.75. The summed E-state index contributed by atoms with van der Waals surface area (Å²) >= 11 is 1.69. The molecule has 2 aromatic carbocycles. The van der Waals surface area contributed by atoms with Gasteiger partial charge in [0.2, 0.25) is 0 Å². The molecule has 35 heavy (non-hydrogen) atoms. The molecule has 0 unspecified atom stereocenters. The molecular weight excluding hydrogens is 458 g/mol. The first-order valence-electron chi connectivity index (χ1n) is 11.1. The monoisotopic (exact) mass is 479 g/mol. The summed E-state index contributed by atoms with van der Waals surface area (Å²) in [4.78, 5) is 29.6. The van der Waals surface area contributed by atoms with Crippen molar-refractivity contribution in [1.82, 2.24) is 24.6 Å². The topological polar surface area (TPSA) is 88.3 Å². The quantitative estimate of drug-likeness (QED) is 0.348. The molecule has 0 spiro atoms. The lowest BCUT2D eigenvalue weighted by molar-refractivity contribution is -0.114. The minimum absolute atomic E-state index is 0.0254. The van der Waals surface area contributed by atoms with Gasteiger partial charge in [0, 0.05) is 44.9 Å². The van der Waals surface area contributed by atoms with E-state index in [4.69, 9.17) is 0 Å². The molecule has 0 saturated carbocycles. The van der Waals surface area contributed by atoms with Crippen LogP contribution in [0.1, 0.15) is 12.0 Å². The van der Waals surface area contributed by atoms with Crippen LogP contribution in [0.4, 0.5) is 17.2 Å². The number of nitrogens with zero attached hydrogens (tertiary/aromatic N) is 6. The van der Waals surface area contributed by atoms with Crippen molar-refractivity contribution >= 4 is 51.4 Å². The van der Waals surface area contributed by atoms with Crippen molar-refractivity contribution in [3.8, 4) is 0 Å². The second kappa shape index (κ2) is 8.52. The van der Waals surface area contributed by atoms with E-state index in [9.17, 15) is 4.79 Å². The van der Waals surface area contributed by atoms with E-state index >= 15 is 0 Å². The molecule has 0 aliphatic carbocycles. The zero-order valence-corrected chi connectivity index (χ0v) is 19.8. The molecule has 4 heterocycles. The van der Waals surface area contributed by atoms with Crippen LogP contribution in [0, 0.1) is 6.92 Å². The van der Waals surface area contributed by atoms with Gasteiger partial charge in [0.15, 0.2) is 5.65 Å². The van der Waals surface area contributed by atoms with Gasteiger partial charge in [-0.3, -0.25) is 4.79 Å². The van der Waals surface area contributed by atoms with Crippen LogP contribution >= 0.6 is 11.8 Å². The highest BCUT2D eigenvalue weighted by atomic mass is 32.2. The van der Waals surface area contributed by atoms with E-state index in [1.54, 1.807) is 33.8 Å². The minimum atomic E-state index is -0.0254. The fraction of sp³-hybridized carbons (Fsp3) is 0.115. The van der Waals surface area contributed by atoms with Crippen molar-refractivity contribution in [3.63, 3.8) is 0 Å². The van der Waals surface area contributed by atoms with Gasteiger partial charge in [0.25, 0.3) is 5.91 Å². The summed E-state index contributed by atoms with van der Waals surface area (Å²) in [6.45, 7) is 6.59. The number of nitrogens with one attached hydrogen (secondary N) is 1. The lowest BCUT2D eigenvalue weighted by Gasteiger charge is -2.17. The van der Waals surface area contributed by atoms with Gasteiger partial charge >= 0.3 is 0 Å². The van der Waals surface area contributed by atoms with Crippen molar-refractivity contribution < 1.29 is 4.79 Å². The normalized spacial score (nSPS) is 13.8. The first kappa shape index (κ1) is 21.3. The molecule has 0 bridgehead atoms. The summed E-state index contributed by atoms with van der Waals surface area (Å²) in [6, 6.07) is 16.1. The van der Waals surface area contributed by atoms with Crippen molar-refractivity contribution in [1.29, 1.82) is 0 Å². The second-order valence-corrected chi connectivity index (χ2v) is 9.48. The molecule has 3 aromatic heterocycles. The van der Waals surface area contributed by atoms with Crippen LogP contribution in [0.2, 0.25) is 0 Å². The number of carbonyl (C=O) groups is 1. The van der Waals surface area contributed by atoms with Gasteiger partial charge in [-0.2, -0.15) is 5.10 Å². The number of rotatable bonds is 5. The average Bonchev–Trinajstić information content (AvgIpc) is 3.47. The maximum atomic E-state index is 12.4. The summed E-state index contributed by atoms with van der Waals surface area (Å²) in [5.41, 5.74) is 5.16. The van der Waals surface area contributed by atoms with Gasteiger partial charge in [-0.25, -0.2) is 19.5 Å². The standard InChI is InChI=1S/C26H21N7OS/c1-16-7-9-32(26(16)34)19-4-5-22-21(12-19)25(29-14-27-22)31-18-3-6-23(17(2)11-18)35-20-8-10-33-24(13-20)28-15-30-33/h3-6,8,10-15H,1,7,9H2,2H3,(H,27,29,31). The smallest absolute Gasteiger partial charge is 0.253 e. The molecule has 0 radical (unpaired) electrons. The molecule has 1 amide bonds. The molecule has 8 nitrogen and oxygen atoms in total. The van der Waals surface area contributed by atoms with E-state index in [-0.39, 0.29) is 5.91 Å². The Kier molecular flexibility index (Phi) is 5.18. The highest BCUT2D eigenvalue weighted by Crippen LogP contribution is 2.34. The fourth-order valence-corrected chi connectivity index (χ4v) is 5.07. The van der Waals surface area contributed by atoms with Crippen LogP contribution in [0.5, 0.6) is 0 Å². The third-order valence-electron chi connectivity index (χ3n) is 6.03. The number of hydrogen-bond acceptors (Lipinski definition) is 7. The van der Waals surface area contributed by atoms with Gasteiger partial charge < -0.3 is 10.2 Å². The Morgan fingerprint density at radius 2 is 1.94 bits per heavy atom. The van der Waals surface area contributed by atoms with Crippen molar-refractivity contribution in [3.05, 3.63) is 85.1 Å². The molecule has 1 N–H and O–H groups in total. The number of benzene rings is 2. The predicted molar refractivity (Wildman–Crippen MR) is 137 cm³/mol. The Balaban J connectivity index is 1.27. The molecule has 1 aliphatic rings. The Bertz CT molecular complexity index is 1630. The number of aryl methyl sites for hydroxylation is 1. The largest absolute Gasteiger partial charge is 0.340 e. The Labute approximate surface area is 205 Å². The first-order valence-corrected chi connectivity index (χ1v) is 12.0. The highest BCUT2D eigenvalue weighted by Gasteiger charge is 2.25. The van der Waals surface area contributed by atoms with Gasteiger partial charge in [-0.15, -0.1) is 0 Å². The van der Waals surface area contributed by atoms with Gasteiger partial charge in [0.1, 0.15) is 18.5 Å². The predicted octanol–water partition coefficient (Wildman–Crippen LogP) is 5.17. The van der Waals surface area contributed by atoms with E-state index in [1.807, 2.05) is 42.6 Å². The van der Waals surface area contributed by atoms with E-state index in [0.717, 1.165) is 43.3 Å². The van der Waals surface area contributed by atoms with Crippen LogP contribution in [-0.4, -0.2) is 37.0 Å². The van der Waals surface area contributed by atoms with Crippen molar-refractivity contribution in [2.45, 2.75) is 23.1 Å². The zero-order chi connectivity index (χ0) is 23.9. The number of carbonyl (C=O) groups excluding carboxylic acids is 1. The number of amides is 1. The van der Waals surface area contributed by atoms with Gasteiger partial charge in [-0.1, -0.05) is 18.3 Å². The molecule has 5 aromatic rings. The Morgan fingerprint density at radius 1 is 1.03 bits per heavy atom. The van der Waals surface area contributed by atoms with Gasteiger partial charge in [0.05, 0.1) is 5.52 Å². The molecular formula is C26H21N7OS. The molecule has 1 aliphatic heterocycles. The Morgan fingerprint density at radius 3 is 2.77 bits per heavy atom. The van der Waals surface area contributed by atoms with Crippen LogP contribution in [0.3, 0.4) is 0 Å². The van der Waals surface area contributed by atoms with Crippen LogP contribution < -0.4 is 10.2 Å². The third-order valence-corrected chi connectivity index (χ3v) is 7.20. The first-order chi connectivity index (χ1) is 17.0. The highest BCUT2D eigenvalue weighted by molar-refractivity contribution is 7.99. The molecule has 172 valence electrons. The number of fused-ring (bicyclic) bond motifs is 2. The molecule has 0 atom stereocenters. The maximum Gasteiger partial charge on any atom is 0.253 e. The zero-order valence-electron chi connectivity index (χ0n) is 19.0. The molecule has 1 saturated heterocycles. The lowest BCUT2D eigenvalue weighted by Crippen LogP contribution is -2.24. The van der Waals surface area contributed by atoms with E-state index in [0.29, 0.717) is 24.4 Å². The van der Waals surface area contributed by atoms with Crippen molar-refractivity contribution in [2.75, 3.05) is 16.8 Å². The van der Waals surface area contributed by atoms with Crippen LogP contribution in [-0.2, 0) is 4.79 Å². The fourth-order valence-electron chi connectivity index (χ4n) is 4.17. The van der Waals surface area contributed by atoms with Gasteiger partial charge in [-0.05, 0) is 67.4 Å². The van der Waals surface area contributed by atoms with E-state index < -0.39 is 0 Å². The molecule has 1 fully saturated rings. The summed E-state index contributed by atoms with van der Waals surface area (Å²) in [5, 5.41) is 8.44. The van der Waals surface area contributed by atoms with Crippen LogP contribution in [0.15, 0.2) is 89.3 Å². The second-order valence-electron chi connectivity index (χ2n) is 8.37. The Hall–Kier alpha value is -4.24.